The predicted molar refractivity (Wildman–Crippen MR) is 72.8 cm³/mol. The highest BCUT2D eigenvalue weighted by atomic mass is 32.2. The quantitative estimate of drug-likeness (QED) is 0.679. The second-order valence-corrected chi connectivity index (χ2v) is 6.33. The minimum Gasteiger partial charge on any atom is -0.258 e. The number of sulfonamides is 1. The van der Waals surface area contributed by atoms with Crippen LogP contribution >= 0.6 is 11.8 Å². The summed E-state index contributed by atoms with van der Waals surface area (Å²) in [5.41, 5.74) is -0.327. The molecular weight excluding hydrogens is 302 g/mol. The van der Waals surface area contributed by atoms with Crippen molar-refractivity contribution in [1.29, 1.82) is 0 Å². The van der Waals surface area contributed by atoms with Gasteiger partial charge >= 0.3 is 0 Å². The lowest BCUT2D eigenvalue weighted by atomic mass is 10.3. The fraction of sp³-hybridized carbons (Fsp3) is 0. The van der Waals surface area contributed by atoms with Crippen LogP contribution in [0.5, 0.6) is 0 Å². The molecule has 0 saturated heterocycles. The lowest BCUT2D eigenvalue weighted by Crippen LogP contribution is -2.12. The molecule has 20 heavy (non-hydrogen) atoms. The highest BCUT2D eigenvalue weighted by Gasteiger charge is 2.19. The first-order chi connectivity index (χ1) is 9.38. The zero-order valence-electron chi connectivity index (χ0n) is 9.96. The molecule has 0 amide bonds. The van der Waals surface area contributed by atoms with Crippen LogP contribution < -0.4 is 5.14 Å². The number of nitrogens with two attached hydrogens (primary N) is 1. The lowest BCUT2D eigenvalue weighted by molar-refractivity contribution is -0.388. The molecule has 0 bridgehead atoms. The third kappa shape index (κ3) is 3.32. The van der Waals surface area contributed by atoms with Crippen LogP contribution in [0.2, 0.25) is 0 Å². The van der Waals surface area contributed by atoms with E-state index in [1.165, 1.54) is 12.1 Å². The van der Waals surface area contributed by atoms with Crippen LogP contribution in [-0.4, -0.2) is 18.3 Å². The number of nitro groups is 1. The highest BCUT2D eigenvalue weighted by Crippen LogP contribution is 2.34. The molecule has 0 unspecified atom stereocenters. The summed E-state index contributed by atoms with van der Waals surface area (Å²) in [5, 5.41) is 16.6. The number of hydrogen-bond acceptors (Lipinski definition) is 6. The lowest BCUT2D eigenvalue weighted by Gasteiger charge is -2.04. The molecule has 0 atom stereocenters. The van der Waals surface area contributed by atoms with Gasteiger partial charge < -0.3 is 0 Å². The summed E-state index contributed by atoms with van der Waals surface area (Å²) in [6, 6.07) is 8.69. The normalized spacial score (nSPS) is 11.2. The van der Waals surface area contributed by atoms with Crippen molar-refractivity contribution in [2.45, 2.75) is 14.8 Å². The maximum absolute atomic E-state index is 11.2. The minimum atomic E-state index is -3.98. The Balaban J connectivity index is 2.46. The number of nitrogens with zero attached hydrogens (tertiary/aromatic N) is 2. The van der Waals surface area contributed by atoms with E-state index in [0.717, 1.165) is 17.8 Å². The van der Waals surface area contributed by atoms with E-state index in [-0.39, 0.29) is 10.6 Å². The molecule has 0 aliphatic carbocycles. The van der Waals surface area contributed by atoms with Crippen LogP contribution in [0.1, 0.15) is 0 Å². The number of primary sulfonamides is 1. The Bertz CT molecular complexity index is 748. The molecule has 1 aromatic carbocycles. The van der Waals surface area contributed by atoms with Crippen molar-refractivity contribution in [3.63, 3.8) is 0 Å². The first-order valence-corrected chi connectivity index (χ1v) is 7.64. The Kier molecular flexibility index (Phi) is 4.02. The summed E-state index contributed by atoms with van der Waals surface area (Å²) in [6.45, 7) is 0. The fourth-order valence-corrected chi connectivity index (χ4v) is 2.82. The van der Waals surface area contributed by atoms with E-state index in [2.05, 4.69) is 4.98 Å². The molecule has 7 nitrogen and oxygen atoms in total. The zero-order chi connectivity index (χ0) is 14.8. The fourth-order valence-electron chi connectivity index (χ4n) is 1.42. The number of pyridine rings is 1. The van der Waals surface area contributed by atoms with E-state index in [0.29, 0.717) is 9.92 Å². The molecule has 2 N–H and O–H groups in total. The van der Waals surface area contributed by atoms with Crippen LogP contribution in [0.15, 0.2) is 57.4 Å². The van der Waals surface area contributed by atoms with Gasteiger partial charge in [0.2, 0.25) is 10.0 Å². The SMILES string of the molecule is NS(=O)(=O)c1ccc(Sc2ccccn2)c([N+](=O)[O-])c1. The molecule has 0 fully saturated rings. The molecule has 104 valence electrons. The van der Waals surface area contributed by atoms with Crippen LogP contribution in [0.25, 0.3) is 0 Å². The smallest absolute Gasteiger partial charge is 0.258 e. The van der Waals surface area contributed by atoms with Gasteiger partial charge in [0.1, 0.15) is 5.03 Å². The third-order valence-electron chi connectivity index (χ3n) is 2.31. The van der Waals surface area contributed by atoms with Crippen LogP contribution in [0.3, 0.4) is 0 Å². The van der Waals surface area contributed by atoms with Crippen molar-refractivity contribution in [1.82, 2.24) is 4.98 Å². The summed E-state index contributed by atoms with van der Waals surface area (Å²) < 4.78 is 22.4. The average molecular weight is 311 g/mol. The molecule has 1 heterocycles. The maximum Gasteiger partial charge on any atom is 0.284 e. The van der Waals surface area contributed by atoms with E-state index in [1.807, 2.05) is 0 Å². The summed E-state index contributed by atoms with van der Waals surface area (Å²) in [7, 11) is -3.98. The van der Waals surface area contributed by atoms with Crippen molar-refractivity contribution in [3.05, 3.63) is 52.7 Å². The Morgan fingerprint density at radius 2 is 2.00 bits per heavy atom. The summed E-state index contributed by atoms with van der Waals surface area (Å²) in [4.78, 5) is 14.4. The van der Waals surface area contributed by atoms with E-state index < -0.39 is 14.9 Å². The maximum atomic E-state index is 11.2. The molecule has 9 heteroatoms. The van der Waals surface area contributed by atoms with Gasteiger partial charge in [0.15, 0.2) is 0 Å². The van der Waals surface area contributed by atoms with Crippen LogP contribution in [0.4, 0.5) is 5.69 Å². The van der Waals surface area contributed by atoms with Gasteiger partial charge in [0, 0.05) is 12.3 Å². The number of benzene rings is 1. The van der Waals surface area contributed by atoms with Gasteiger partial charge in [-0.15, -0.1) is 0 Å². The molecular formula is C11H9N3O4S2. The van der Waals surface area contributed by atoms with Crippen LogP contribution in [0, 0.1) is 10.1 Å². The molecule has 2 aromatic rings. The first kappa shape index (κ1) is 14.4. The Labute approximate surface area is 119 Å². The molecule has 1 aromatic heterocycles. The van der Waals surface area contributed by atoms with E-state index in [1.54, 1.807) is 24.4 Å². The van der Waals surface area contributed by atoms with E-state index in [9.17, 15) is 18.5 Å². The van der Waals surface area contributed by atoms with Gasteiger partial charge in [0.05, 0.1) is 14.7 Å². The third-order valence-corrected chi connectivity index (χ3v) is 4.23. The van der Waals surface area contributed by atoms with Crippen molar-refractivity contribution in [2.75, 3.05) is 0 Å². The Morgan fingerprint density at radius 1 is 1.25 bits per heavy atom. The van der Waals surface area contributed by atoms with Crippen molar-refractivity contribution < 1.29 is 13.3 Å². The van der Waals surface area contributed by atoms with Gasteiger partial charge in [0.25, 0.3) is 5.69 Å². The molecule has 0 aliphatic heterocycles. The minimum absolute atomic E-state index is 0.293. The second kappa shape index (κ2) is 5.57. The van der Waals surface area contributed by atoms with Crippen LogP contribution in [-0.2, 0) is 10.0 Å². The molecule has 0 radical (unpaired) electrons. The molecule has 0 saturated carbocycles. The topological polar surface area (TPSA) is 116 Å². The van der Waals surface area contributed by atoms with Gasteiger partial charge in [-0.05, 0) is 24.3 Å². The summed E-state index contributed by atoms with van der Waals surface area (Å²) in [5.74, 6) is 0. The van der Waals surface area contributed by atoms with E-state index >= 15 is 0 Å². The van der Waals surface area contributed by atoms with Crippen molar-refractivity contribution in [2.24, 2.45) is 5.14 Å². The average Bonchev–Trinajstić information content (AvgIpc) is 2.38. The monoisotopic (exact) mass is 311 g/mol. The largest absolute Gasteiger partial charge is 0.284 e. The van der Waals surface area contributed by atoms with Crippen molar-refractivity contribution >= 4 is 27.5 Å². The highest BCUT2D eigenvalue weighted by molar-refractivity contribution is 7.99. The van der Waals surface area contributed by atoms with Gasteiger partial charge in [-0.2, -0.15) is 0 Å². The van der Waals surface area contributed by atoms with Crippen molar-refractivity contribution in [3.8, 4) is 0 Å². The van der Waals surface area contributed by atoms with E-state index in [4.69, 9.17) is 5.14 Å². The number of aromatic nitrogens is 1. The summed E-state index contributed by atoms with van der Waals surface area (Å²) >= 11 is 1.07. The first-order valence-electron chi connectivity index (χ1n) is 5.28. The molecule has 0 aliphatic rings. The Hall–Kier alpha value is -1.97. The predicted octanol–water partition coefficient (Wildman–Crippen LogP) is 1.79. The Morgan fingerprint density at radius 3 is 2.55 bits per heavy atom. The molecule has 2 rings (SSSR count). The molecule has 0 spiro atoms. The zero-order valence-corrected chi connectivity index (χ0v) is 11.6. The second-order valence-electron chi connectivity index (χ2n) is 3.70. The standard InChI is InChI=1S/C11H9N3O4S2/c12-20(17,18)8-4-5-10(9(7-8)14(15)16)19-11-3-1-2-6-13-11/h1-7H,(H2,12,17,18). The van der Waals surface area contributed by atoms with Gasteiger partial charge in [-0.1, -0.05) is 17.8 Å². The number of nitro benzene ring substituents is 1. The van der Waals surface area contributed by atoms with Gasteiger partial charge in [-0.25, -0.2) is 18.5 Å². The number of rotatable bonds is 4. The van der Waals surface area contributed by atoms with Gasteiger partial charge in [-0.3, -0.25) is 10.1 Å². The summed E-state index contributed by atoms with van der Waals surface area (Å²) in [6.07, 6.45) is 1.56. The number of hydrogen-bond donors (Lipinski definition) is 1.